The first-order valence-electron chi connectivity index (χ1n) is 8.87. The molecule has 6 nitrogen and oxygen atoms in total. The van der Waals surface area contributed by atoms with Crippen molar-refractivity contribution in [2.45, 2.75) is 25.2 Å². The molecule has 150 valence electrons. The Bertz CT molecular complexity index is 1030. The average molecular weight is 403 g/mol. The number of aliphatic hydroxyl groups excluding tert-OH is 1. The van der Waals surface area contributed by atoms with E-state index in [0.717, 1.165) is 11.1 Å². The number of hydrogen-bond donors (Lipinski definition) is 1. The molecule has 0 saturated carbocycles. The fourth-order valence-electron chi connectivity index (χ4n) is 3.37. The molecule has 0 bridgehead atoms. The SMILES string of the molecule is O=C(c1ccc(-c2noc(C(F)(F)F)n2)cc1)N1Cc2ccccc2CC1CO. The molecule has 4 rings (SSSR count). The summed E-state index contributed by atoms with van der Waals surface area (Å²) in [6.07, 6.45) is -4.16. The minimum Gasteiger partial charge on any atom is -0.394 e. The van der Waals surface area contributed by atoms with Gasteiger partial charge < -0.3 is 14.5 Å². The van der Waals surface area contributed by atoms with Gasteiger partial charge in [-0.3, -0.25) is 4.79 Å². The van der Waals surface area contributed by atoms with E-state index in [9.17, 15) is 23.1 Å². The highest BCUT2D eigenvalue weighted by Crippen LogP contribution is 2.30. The minimum absolute atomic E-state index is 0.165. The molecule has 1 unspecified atom stereocenters. The third-order valence-electron chi connectivity index (χ3n) is 4.89. The van der Waals surface area contributed by atoms with Crippen LogP contribution in [0, 0.1) is 0 Å². The van der Waals surface area contributed by atoms with Crippen LogP contribution in [0.25, 0.3) is 11.4 Å². The van der Waals surface area contributed by atoms with Crippen LogP contribution in [0.4, 0.5) is 13.2 Å². The lowest BCUT2D eigenvalue weighted by molar-refractivity contribution is -0.159. The third-order valence-corrected chi connectivity index (χ3v) is 4.89. The van der Waals surface area contributed by atoms with Gasteiger partial charge >= 0.3 is 12.1 Å². The highest BCUT2D eigenvalue weighted by molar-refractivity contribution is 5.95. The molecule has 0 aliphatic carbocycles. The number of halogens is 3. The number of fused-ring (bicyclic) bond motifs is 1. The van der Waals surface area contributed by atoms with Gasteiger partial charge in [0.05, 0.1) is 12.6 Å². The number of aromatic nitrogens is 2. The van der Waals surface area contributed by atoms with E-state index in [2.05, 4.69) is 14.7 Å². The lowest BCUT2D eigenvalue weighted by Crippen LogP contribution is -2.46. The van der Waals surface area contributed by atoms with E-state index in [1.165, 1.54) is 24.3 Å². The molecule has 1 amide bonds. The second-order valence-corrected chi connectivity index (χ2v) is 6.74. The van der Waals surface area contributed by atoms with Gasteiger partial charge in [-0.15, -0.1) is 0 Å². The van der Waals surface area contributed by atoms with Gasteiger partial charge in [-0.2, -0.15) is 18.2 Å². The lowest BCUT2D eigenvalue weighted by Gasteiger charge is -2.36. The molecule has 3 aromatic rings. The monoisotopic (exact) mass is 403 g/mol. The summed E-state index contributed by atoms with van der Waals surface area (Å²) >= 11 is 0. The van der Waals surface area contributed by atoms with Crippen molar-refractivity contribution in [3.63, 3.8) is 0 Å². The molecule has 1 aliphatic rings. The van der Waals surface area contributed by atoms with E-state index >= 15 is 0 Å². The van der Waals surface area contributed by atoms with Crippen LogP contribution in [0.5, 0.6) is 0 Å². The Morgan fingerprint density at radius 2 is 1.83 bits per heavy atom. The number of rotatable bonds is 3. The zero-order valence-corrected chi connectivity index (χ0v) is 15.1. The highest BCUT2D eigenvalue weighted by Gasteiger charge is 2.38. The molecule has 0 fully saturated rings. The molecule has 2 heterocycles. The zero-order chi connectivity index (χ0) is 20.6. The first kappa shape index (κ1) is 19.1. The van der Waals surface area contributed by atoms with Crippen LogP contribution < -0.4 is 0 Å². The van der Waals surface area contributed by atoms with E-state index in [-0.39, 0.29) is 24.4 Å². The first-order chi connectivity index (χ1) is 13.9. The lowest BCUT2D eigenvalue weighted by atomic mass is 9.93. The molecule has 2 aromatic carbocycles. The summed E-state index contributed by atoms with van der Waals surface area (Å²) in [5, 5.41) is 13.1. The summed E-state index contributed by atoms with van der Waals surface area (Å²) in [5.74, 6) is -1.91. The predicted molar refractivity (Wildman–Crippen MR) is 95.6 cm³/mol. The van der Waals surface area contributed by atoms with E-state index in [0.29, 0.717) is 24.1 Å². The molecule has 9 heteroatoms. The number of aliphatic hydroxyl groups is 1. The number of nitrogens with zero attached hydrogens (tertiary/aromatic N) is 3. The van der Waals surface area contributed by atoms with E-state index in [1.54, 1.807) is 4.90 Å². The van der Waals surface area contributed by atoms with Gasteiger partial charge in [0.2, 0.25) is 5.82 Å². The summed E-state index contributed by atoms with van der Waals surface area (Å²) in [6, 6.07) is 13.3. The molecular weight excluding hydrogens is 387 g/mol. The molecule has 29 heavy (non-hydrogen) atoms. The summed E-state index contributed by atoms with van der Waals surface area (Å²) in [4.78, 5) is 17.9. The average Bonchev–Trinajstić information content (AvgIpc) is 3.23. The summed E-state index contributed by atoms with van der Waals surface area (Å²) in [7, 11) is 0. The van der Waals surface area contributed by atoms with Crippen molar-refractivity contribution in [3.05, 3.63) is 71.1 Å². The van der Waals surface area contributed by atoms with Crippen LogP contribution in [0.1, 0.15) is 27.4 Å². The van der Waals surface area contributed by atoms with Crippen LogP contribution in [0.3, 0.4) is 0 Å². The van der Waals surface area contributed by atoms with Crippen molar-refractivity contribution in [2.75, 3.05) is 6.61 Å². The molecule has 1 atom stereocenters. The number of hydrogen-bond acceptors (Lipinski definition) is 5. The number of alkyl halides is 3. The number of amides is 1. The Morgan fingerprint density at radius 1 is 1.14 bits per heavy atom. The number of carbonyl (C=O) groups excluding carboxylic acids is 1. The van der Waals surface area contributed by atoms with Gasteiger partial charge in [-0.05, 0) is 29.7 Å². The molecule has 0 saturated heterocycles. The van der Waals surface area contributed by atoms with Crippen LogP contribution in [-0.4, -0.2) is 38.7 Å². The molecule has 1 N–H and O–H groups in total. The topological polar surface area (TPSA) is 79.5 Å². The Labute approximate surface area is 163 Å². The standard InChI is InChI=1S/C20H16F3N3O3/c21-20(22,23)19-24-17(25-29-19)12-5-7-13(8-6-12)18(28)26-10-15-4-2-1-3-14(15)9-16(26)11-27/h1-8,16,27H,9-11H2. The van der Waals surface area contributed by atoms with Crippen molar-refractivity contribution in [2.24, 2.45) is 0 Å². The van der Waals surface area contributed by atoms with E-state index in [1.807, 2.05) is 24.3 Å². The van der Waals surface area contributed by atoms with Gasteiger partial charge in [0.1, 0.15) is 0 Å². The molecule has 0 spiro atoms. The molecule has 0 radical (unpaired) electrons. The van der Waals surface area contributed by atoms with E-state index < -0.39 is 12.1 Å². The normalized spacial score (nSPS) is 16.6. The van der Waals surface area contributed by atoms with Gasteiger partial charge in [0.25, 0.3) is 5.91 Å². The van der Waals surface area contributed by atoms with Crippen molar-refractivity contribution < 1.29 is 27.6 Å². The second kappa shape index (κ2) is 7.32. The predicted octanol–water partition coefficient (Wildman–Crippen LogP) is 3.31. The fourth-order valence-corrected chi connectivity index (χ4v) is 3.37. The summed E-state index contributed by atoms with van der Waals surface area (Å²) < 4.78 is 42.0. The van der Waals surface area contributed by atoms with E-state index in [4.69, 9.17) is 0 Å². The summed E-state index contributed by atoms with van der Waals surface area (Å²) in [5.41, 5.74) is 2.77. The Morgan fingerprint density at radius 3 is 2.45 bits per heavy atom. The van der Waals surface area contributed by atoms with Gasteiger partial charge in [0, 0.05) is 17.7 Å². The Hall–Kier alpha value is -3.20. The third kappa shape index (κ3) is 3.73. The summed E-state index contributed by atoms with van der Waals surface area (Å²) in [6.45, 7) is 0.211. The zero-order valence-electron chi connectivity index (χ0n) is 15.1. The van der Waals surface area contributed by atoms with Gasteiger partial charge in [-0.25, -0.2) is 0 Å². The van der Waals surface area contributed by atoms with Gasteiger partial charge in [-0.1, -0.05) is 41.6 Å². The van der Waals surface area contributed by atoms with Crippen LogP contribution in [0.2, 0.25) is 0 Å². The largest absolute Gasteiger partial charge is 0.471 e. The first-order valence-corrected chi connectivity index (χ1v) is 8.87. The molecule has 1 aromatic heterocycles. The van der Waals surface area contributed by atoms with Crippen molar-refractivity contribution >= 4 is 5.91 Å². The van der Waals surface area contributed by atoms with Crippen LogP contribution >= 0.6 is 0 Å². The second-order valence-electron chi connectivity index (χ2n) is 6.74. The van der Waals surface area contributed by atoms with Crippen LogP contribution in [-0.2, 0) is 19.1 Å². The number of benzene rings is 2. The maximum atomic E-state index is 13.0. The van der Waals surface area contributed by atoms with Crippen LogP contribution in [0.15, 0.2) is 53.1 Å². The smallest absolute Gasteiger partial charge is 0.394 e. The molecule has 1 aliphatic heterocycles. The van der Waals surface area contributed by atoms with Crippen molar-refractivity contribution in [1.82, 2.24) is 15.0 Å². The Kier molecular flexibility index (Phi) is 4.83. The minimum atomic E-state index is -4.72. The number of carbonyl (C=O) groups is 1. The highest BCUT2D eigenvalue weighted by atomic mass is 19.4. The van der Waals surface area contributed by atoms with Crippen molar-refractivity contribution in [3.8, 4) is 11.4 Å². The molecular formula is C20H16F3N3O3. The van der Waals surface area contributed by atoms with Gasteiger partial charge in [0.15, 0.2) is 0 Å². The van der Waals surface area contributed by atoms with Crippen molar-refractivity contribution in [1.29, 1.82) is 0 Å². The fraction of sp³-hybridized carbons (Fsp3) is 0.250. The maximum Gasteiger partial charge on any atom is 0.471 e. The Balaban J connectivity index is 1.56. The quantitative estimate of drug-likeness (QED) is 0.726. The maximum absolute atomic E-state index is 13.0.